The number of rotatable bonds is 5. The van der Waals surface area contributed by atoms with Crippen molar-refractivity contribution in [2.24, 2.45) is 0 Å². The normalized spacial score (nSPS) is 13.3. The number of hydrogen-bond acceptors (Lipinski definition) is 4. The van der Waals surface area contributed by atoms with Crippen molar-refractivity contribution in [2.45, 2.75) is 25.8 Å². The lowest BCUT2D eigenvalue weighted by molar-refractivity contribution is -0.387. The second-order valence-electron chi connectivity index (χ2n) is 4.37. The summed E-state index contributed by atoms with van der Waals surface area (Å²) in [5.74, 6) is -3.12. The standard InChI is InChI=1S/C12H13FN2O5/c1-3-12(2,11(17)18)14-10(16)7-4-5-8(13)9(6-7)15(19)20/h4-6H,3H2,1-2H3,(H,14,16)(H,17,18). The van der Waals surface area contributed by atoms with Crippen LogP contribution in [0.5, 0.6) is 0 Å². The summed E-state index contributed by atoms with van der Waals surface area (Å²) < 4.78 is 13.1. The van der Waals surface area contributed by atoms with Gasteiger partial charge in [0.1, 0.15) is 5.54 Å². The first-order valence-electron chi connectivity index (χ1n) is 5.71. The van der Waals surface area contributed by atoms with Gasteiger partial charge in [0, 0.05) is 11.6 Å². The van der Waals surface area contributed by atoms with Gasteiger partial charge in [-0.2, -0.15) is 4.39 Å². The van der Waals surface area contributed by atoms with Gasteiger partial charge < -0.3 is 10.4 Å². The quantitative estimate of drug-likeness (QED) is 0.632. The molecule has 1 amide bonds. The molecule has 0 saturated carbocycles. The van der Waals surface area contributed by atoms with Crippen molar-refractivity contribution in [1.82, 2.24) is 5.32 Å². The lowest BCUT2D eigenvalue weighted by Gasteiger charge is -2.24. The Morgan fingerprint density at radius 3 is 2.55 bits per heavy atom. The minimum absolute atomic E-state index is 0.122. The number of nitro benzene ring substituents is 1. The highest BCUT2D eigenvalue weighted by molar-refractivity contribution is 5.98. The summed E-state index contributed by atoms with van der Waals surface area (Å²) in [6.07, 6.45) is 0.122. The first kappa shape index (κ1) is 15.5. The molecule has 20 heavy (non-hydrogen) atoms. The van der Waals surface area contributed by atoms with Crippen LogP contribution in [0.15, 0.2) is 18.2 Å². The van der Waals surface area contributed by atoms with E-state index < -0.39 is 33.8 Å². The molecule has 1 aromatic rings. The fourth-order valence-corrected chi connectivity index (χ4v) is 1.41. The number of hydrogen-bond donors (Lipinski definition) is 2. The molecule has 0 spiro atoms. The number of carboxylic acid groups (broad SMARTS) is 1. The van der Waals surface area contributed by atoms with E-state index >= 15 is 0 Å². The Labute approximate surface area is 113 Å². The molecule has 1 aromatic carbocycles. The number of carboxylic acids is 1. The highest BCUT2D eigenvalue weighted by Crippen LogP contribution is 2.19. The van der Waals surface area contributed by atoms with Gasteiger partial charge >= 0.3 is 11.7 Å². The number of amides is 1. The number of halogens is 1. The van der Waals surface area contributed by atoms with Gasteiger partial charge in [0.25, 0.3) is 5.91 Å². The van der Waals surface area contributed by atoms with Crippen LogP contribution in [0, 0.1) is 15.9 Å². The van der Waals surface area contributed by atoms with Gasteiger partial charge in [-0.1, -0.05) is 6.92 Å². The maximum atomic E-state index is 13.1. The summed E-state index contributed by atoms with van der Waals surface area (Å²) in [7, 11) is 0. The number of carbonyl (C=O) groups excluding carboxylic acids is 1. The summed E-state index contributed by atoms with van der Waals surface area (Å²) in [4.78, 5) is 32.6. The molecule has 1 atom stereocenters. The first-order chi connectivity index (χ1) is 9.21. The molecule has 0 aliphatic heterocycles. The van der Waals surface area contributed by atoms with Crippen LogP contribution in [-0.2, 0) is 4.79 Å². The molecule has 108 valence electrons. The highest BCUT2D eigenvalue weighted by Gasteiger charge is 2.33. The maximum Gasteiger partial charge on any atom is 0.329 e. The molecule has 2 N–H and O–H groups in total. The molecular formula is C12H13FN2O5. The zero-order chi connectivity index (χ0) is 15.5. The smallest absolute Gasteiger partial charge is 0.329 e. The van der Waals surface area contributed by atoms with Gasteiger partial charge in [0.05, 0.1) is 4.92 Å². The van der Waals surface area contributed by atoms with Gasteiger partial charge in [-0.25, -0.2) is 4.79 Å². The van der Waals surface area contributed by atoms with E-state index in [9.17, 15) is 24.1 Å². The fraction of sp³-hybridized carbons (Fsp3) is 0.333. The highest BCUT2D eigenvalue weighted by atomic mass is 19.1. The molecule has 0 fully saturated rings. The Kier molecular flexibility index (Phi) is 4.38. The van der Waals surface area contributed by atoms with E-state index in [4.69, 9.17) is 5.11 Å². The van der Waals surface area contributed by atoms with Gasteiger partial charge in [0.2, 0.25) is 5.82 Å². The summed E-state index contributed by atoms with van der Waals surface area (Å²) >= 11 is 0. The Hall–Kier alpha value is -2.51. The summed E-state index contributed by atoms with van der Waals surface area (Å²) in [6.45, 7) is 2.88. The van der Waals surface area contributed by atoms with Gasteiger partial charge in [-0.3, -0.25) is 14.9 Å². The number of nitrogens with zero attached hydrogens (tertiary/aromatic N) is 1. The number of aliphatic carboxylic acids is 1. The van der Waals surface area contributed by atoms with E-state index in [1.165, 1.54) is 6.92 Å². The Morgan fingerprint density at radius 2 is 2.10 bits per heavy atom. The van der Waals surface area contributed by atoms with Crippen LogP contribution in [0.2, 0.25) is 0 Å². The van der Waals surface area contributed by atoms with Gasteiger partial charge in [0.15, 0.2) is 0 Å². The van der Waals surface area contributed by atoms with Crippen LogP contribution in [0.3, 0.4) is 0 Å². The van der Waals surface area contributed by atoms with Crippen LogP contribution >= 0.6 is 0 Å². The van der Waals surface area contributed by atoms with Gasteiger partial charge in [-0.15, -0.1) is 0 Å². The number of benzene rings is 1. The van der Waals surface area contributed by atoms with Crippen molar-refractivity contribution in [1.29, 1.82) is 0 Å². The van der Waals surface area contributed by atoms with Crippen molar-refractivity contribution in [3.05, 3.63) is 39.7 Å². The zero-order valence-electron chi connectivity index (χ0n) is 10.8. The molecule has 1 unspecified atom stereocenters. The Bertz CT molecular complexity index is 575. The number of nitro groups is 1. The maximum absolute atomic E-state index is 13.1. The van der Waals surface area contributed by atoms with Crippen molar-refractivity contribution < 1.29 is 24.0 Å². The third kappa shape index (κ3) is 3.08. The molecule has 0 radical (unpaired) electrons. The Morgan fingerprint density at radius 1 is 1.50 bits per heavy atom. The minimum atomic E-state index is -1.50. The number of carbonyl (C=O) groups is 2. The van der Waals surface area contributed by atoms with E-state index in [0.717, 1.165) is 18.2 Å². The van der Waals surface area contributed by atoms with Crippen molar-refractivity contribution in [3.8, 4) is 0 Å². The average Bonchev–Trinajstić information content (AvgIpc) is 2.38. The van der Waals surface area contributed by atoms with E-state index in [1.54, 1.807) is 6.92 Å². The van der Waals surface area contributed by atoms with Crippen LogP contribution in [-0.4, -0.2) is 27.4 Å². The lowest BCUT2D eigenvalue weighted by Crippen LogP contribution is -2.51. The molecular weight excluding hydrogens is 271 g/mol. The molecule has 0 bridgehead atoms. The third-order valence-electron chi connectivity index (χ3n) is 2.97. The predicted octanol–water partition coefficient (Wildman–Crippen LogP) is 1.72. The second-order valence-corrected chi connectivity index (χ2v) is 4.37. The summed E-state index contributed by atoms with van der Waals surface area (Å²) in [6, 6.07) is 2.61. The van der Waals surface area contributed by atoms with Crippen LogP contribution < -0.4 is 5.32 Å². The molecule has 0 heterocycles. The topological polar surface area (TPSA) is 110 Å². The third-order valence-corrected chi connectivity index (χ3v) is 2.97. The van der Waals surface area contributed by atoms with E-state index in [2.05, 4.69) is 5.32 Å². The molecule has 0 saturated heterocycles. The second kappa shape index (κ2) is 5.64. The monoisotopic (exact) mass is 284 g/mol. The van der Waals surface area contributed by atoms with E-state index in [0.29, 0.717) is 0 Å². The van der Waals surface area contributed by atoms with Crippen LogP contribution in [0.25, 0.3) is 0 Å². The summed E-state index contributed by atoms with van der Waals surface area (Å²) in [5.41, 5.74) is -2.52. The molecule has 0 aromatic heterocycles. The molecule has 0 aliphatic carbocycles. The van der Waals surface area contributed by atoms with Crippen molar-refractivity contribution in [2.75, 3.05) is 0 Å². The van der Waals surface area contributed by atoms with Crippen LogP contribution in [0.4, 0.5) is 10.1 Å². The first-order valence-corrected chi connectivity index (χ1v) is 5.71. The molecule has 7 nitrogen and oxygen atoms in total. The van der Waals surface area contributed by atoms with E-state index in [-0.39, 0.29) is 12.0 Å². The SMILES string of the molecule is CCC(C)(NC(=O)c1ccc(F)c([N+](=O)[O-])c1)C(=O)O. The predicted molar refractivity (Wildman–Crippen MR) is 66.9 cm³/mol. The Balaban J connectivity index is 3.07. The lowest BCUT2D eigenvalue weighted by atomic mass is 9.98. The fourth-order valence-electron chi connectivity index (χ4n) is 1.41. The average molecular weight is 284 g/mol. The van der Waals surface area contributed by atoms with Crippen LogP contribution in [0.1, 0.15) is 30.6 Å². The van der Waals surface area contributed by atoms with E-state index in [1.807, 2.05) is 0 Å². The largest absolute Gasteiger partial charge is 0.480 e. The molecule has 1 rings (SSSR count). The molecule has 0 aliphatic rings. The van der Waals surface area contributed by atoms with Gasteiger partial charge in [-0.05, 0) is 25.5 Å². The number of nitrogens with one attached hydrogen (secondary N) is 1. The minimum Gasteiger partial charge on any atom is -0.480 e. The molecule has 8 heteroatoms. The zero-order valence-corrected chi connectivity index (χ0v) is 10.8. The van der Waals surface area contributed by atoms with Crippen molar-refractivity contribution >= 4 is 17.6 Å². The summed E-state index contributed by atoms with van der Waals surface area (Å²) in [5, 5.41) is 21.9. The van der Waals surface area contributed by atoms with Crippen molar-refractivity contribution in [3.63, 3.8) is 0 Å².